The lowest BCUT2D eigenvalue weighted by Crippen LogP contribution is -2.57. The third kappa shape index (κ3) is 2.99. The number of ether oxygens (including phenoxy) is 1. The van der Waals surface area contributed by atoms with E-state index in [0.29, 0.717) is 6.42 Å². The molecular formula is C13H26N2O2. The summed E-state index contributed by atoms with van der Waals surface area (Å²) in [6.07, 6.45) is 3.92. The number of carbonyl (C=O) groups excluding carboxylic acids is 1. The maximum Gasteiger partial charge on any atom is 0.254 e. The summed E-state index contributed by atoms with van der Waals surface area (Å²) >= 11 is 0. The van der Waals surface area contributed by atoms with Crippen LogP contribution in [0.25, 0.3) is 0 Å². The summed E-state index contributed by atoms with van der Waals surface area (Å²) in [6, 6.07) is 0.189. The van der Waals surface area contributed by atoms with E-state index in [4.69, 9.17) is 10.5 Å². The first-order chi connectivity index (χ1) is 7.96. The Morgan fingerprint density at radius 2 is 2.24 bits per heavy atom. The Labute approximate surface area is 104 Å². The molecule has 1 aliphatic heterocycles. The lowest BCUT2D eigenvalue weighted by molar-refractivity contribution is -0.157. The summed E-state index contributed by atoms with van der Waals surface area (Å²) in [7, 11) is 1.60. The molecule has 0 radical (unpaired) electrons. The quantitative estimate of drug-likeness (QED) is 0.813. The van der Waals surface area contributed by atoms with Gasteiger partial charge in [-0.05, 0) is 39.5 Å². The summed E-state index contributed by atoms with van der Waals surface area (Å²) in [6.45, 7) is 6.63. The van der Waals surface area contributed by atoms with E-state index < -0.39 is 5.60 Å². The molecule has 0 aromatic rings. The Morgan fingerprint density at radius 3 is 2.71 bits per heavy atom. The molecule has 17 heavy (non-hydrogen) atoms. The van der Waals surface area contributed by atoms with Crippen LogP contribution >= 0.6 is 0 Å². The zero-order valence-corrected chi connectivity index (χ0v) is 11.5. The molecule has 4 heteroatoms. The van der Waals surface area contributed by atoms with Crippen molar-refractivity contribution in [1.29, 1.82) is 0 Å². The van der Waals surface area contributed by atoms with Gasteiger partial charge in [-0.2, -0.15) is 0 Å². The van der Waals surface area contributed by atoms with E-state index in [0.717, 1.165) is 25.8 Å². The average molecular weight is 242 g/mol. The van der Waals surface area contributed by atoms with Crippen LogP contribution in [-0.4, -0.2) is 42.1 Å². The average Bonchev–Trinajstić information content (AvgIpc) is 2.36. The minimum atomic E-state index is -0.704. The number of nitrogens with two attached hydrogens (primary N) is 1. The predicted molar refractivity (Wildman–Crippen MR) is 68.7 cm³/mol. The van der Waals surface area contributed by atoms with Crippen LogP contribution in [0.3, 0.4) is 0 Å². The van der Waals surface area contributed by atoms with Crippen molar-refractivity contribution in [1.82, 2.24) is 4.90 Å². The van der Waals surface area contributed by atoms with Crippen LogP contribution in [0.2, 0.25) is 0 Å². The van der Waals surface area contributed by atoms with Crippen LogP contribution in [0.4, 0.5) is 0 Å². The third-order valence-corrected chi connectivity index (χ3v) is 3.99. The van der Waals surface area contributed by atoms with Crippen LogP contribution in [0.1, 0.15) is 46.5 Å². The number of amides is 1. The van der Waals surface area contributed by atoms with Crippen LogP contribution < -0.4 is 5.73 Å². The van der Waals surface area contributed by atoms with Gasteiger partial charge in [0.1, 0.15) is 5.60 Å². The Morgan fingerprint density at radius 1 is 1.59 bits per heavy atom. The number of carbonyl (C=O) groups is 1. The second-order valence-electron chi connectivity index (χ2n) is 5.21. The van der Waals surface area contributed by atoms with Crippen molar-refractivity contribution in [3.05, 3.63) is 0 Å². The molecule has 4 nitrogen and oxygen atoms in total. The van der Waals surface area contributed by atoms with Crippen molar-refractivity contribution < 1.29 is 9.53 Å². The number of hydrogen-bond donors (Lipinski definition) is 1. The Balaban J connectivity index is 2.84. The number of nitrogens with zero attached hydrogens (tertiary/aromatic N) is 1. The summed E-state index contributed by atoms with van der Waals surface area (Å²) in [4.78, 5) is 14.5. The fraction of sp³-hybridized carbons (Fsp3) is 0.923. The predicted octanol–water partition coefficient (Wildman–Crippen LogP) is 1.53. The lowest BCUT2D eigenvalue weighted by Gasteiger charge is -2.42. The van der Waals surface area contributed by atoms with Gasteiger partial charge >= 0.3 is 0 Å². The van der Waals surface area contributed by atoms with Gasteiger partial charge in [0.25, 0.3) is 5.91 Å². The van der Waals surface area contributed by atoms with Gasteiger partial charge in [0.05, 0.1) is 0 Å². The molecule has 0 aromatic heterocycles. The molecule has 1 heterocycles. The van der Waals surface area contributed by atoms with E-state index in [1.54, 1.807) is 7.11 Å². The van der Waals surface area contributed by atoms with Crippen LogP contribution in [-0.2, 0) is 9.53 Å². The highest BCUT2D eigenvalue weighted by molar-refractivity contribution is 5.85. The lowest BCUT2D eigenvalue weighted by atomic mass is 9.93. The van der Waals surface area contributed by atoms with Crippen LogP contribution in [0.15, 0.2) is 0 Å². The fourth-order valence-electron chi connectivity index (χ4n) is 2.44. The Bertz CT molecular complexity index is 262. The molecule has 100 valence electrons. The van der Waals surface area contributed by atoms with E-state index in [1.807, 2.05) is 25.7 Å². The third-order valence-electron chi connectivity index (χ3n) is 3.99. The smallest absolute Gasteiger partial charge is 0.254 e. The van der Waals surface area contributed by atoms with E-state index in [9.17, 15) is 4.79 Å². The Hall–Kier alpha value is -0.610. The Kier molecular flexibility index (Phi) is 4.95. The molecule has 3 atom stereocenters. The second kappa shape index (κ2) is 5.83. The molecule has 0 spiro atoms. The van der Waals surface area contributed by atoms with Crippen LogP contribution in [0.5, 0.6) is 0 Å². The second-order valence-corrected chi connectivity index (χ2v) is 5.21. The van der Waals surface area contributed by atoms with Crippen LogP contribution in [0, 0.1) is 0 Å². The number of piperidine rings is 1. The van der Waals surface area contributed by atoms with Crippen molar-refractivity contribution >= 4 is 5.91 Å². The largest absolute Gasteiger partial charge is 0.369 e. The topological polar surface area (TPSA) is 55.6 Å². The van der Waals surface area contributed by atoms with Crippen molar-refractivity contribution in [2.24, 2.45) is 5.73 Å². The van der Waals surface area contributed by atoms with Gasteiger partial charge in [-0.25, -0.2) is 0 Å². The molecular weight excluding hydrogens is 216 g/mol. The standard InChI is InChI=1S/C13H26N2O2/c1-5-13(3,17-4)12(16)15-9-7-6-8-11(15)10(2)14/h10-11H,5-9,14H2,1-4H3. The highest BCUT2D eigenvalue weighted by atomic mass is 16.5. The van der Waals surface area contributed by atoms with Crippen molar-refractivity contribution in [2.75, 3.05) is 13.7 Å². The van der Waals surface area contributed by atoms with Gasteiger partial charge in [0.2, 0.25) is 0 Å². The molecule has 1 saturated heterocycles. The molecule has 2 N–H and O–H groups in total. The SMILES string of the molecule is CCC(C)(OC)C(=O)N1CCCCC1C(C)N. The van der Waals surface area contributed by atoms with Gasteiger partial charge in [0.15, 0.2) is 0 Å². The van der Waals surface area contributed by atoms with Gasteiger partial charge < -0.3 is 15.4 Å². The van der Waals surface area contributed by atoms with Gasteiger partial charge in [-0.1, -0.05) is 6.92 Å². The van der Waals surface area contributed by atoms with E-state index in [2.05, 4.69) is 0 Å². The van der Waals surface area contributed by atoms with Gasteiger partial charge in [-0.3, -0.25) is 4.79 Å². The minimum absolute atomic E-state index is 0.0252. The first-order valence-corrected chi connectivity index (χ1v) is 6.58. The van der Waals surface area contributed by atoms with Gasteiger partial charge in [-0.15, -0.1) is 0 Å². The molecule has 1 fully saturated rings. The number of methoxy groups -OCH3 is 1. The molecule has 0 bridgehead atoms. The first-order valence-electron chi connectivity index (χ1n) is 6.58. The molecule has 0 aromatic carbocycles. The van der Waals surface area contributed by atoms with Crippen molar-refractivity contribution in [3.8, 4) is 0 Å². The number of rotatable bonds is 4. The van der Waals surface area contributed by atoms with E-state index in [-0.39, 0.29) is 18.0 Å². The normalized spacial score (nSPS) is 26.4. The molecule has 0 saturated carbocycles. The minimum Gasteiger partial charge on any atom is -0.369 e. The van der Waals surface area contributed by atoms with E-state index >= 15 is 0 Å². The highest BCUT2D eigenvalue weighted by Crippen LogP contribution is 2.25. The summed E-state index contributed by atoms with van der Waals surface area (Å²) in [5.74, 6) is 0.0875. The molecule has 3 unspecified atom stereocenters. The van der Waals surface area contributed by atoms with Crippen molar-refractivity contribution in [2.45, 2.75) is 64.1 Å². The van der Waals surface area contributed by atoms with Gasteiger partial charge in [0, 0.05) is 25.7 Å². The molecule has 1 amide bonds. The zero-order chi connectivity index (χ0) is 13.1. The molecule has 1 aliphatic rings. The first kappa shape index (κ1) is 14.5. The summed E-state index contributed by atoms with van der Waals surface area (Å²) < 4.78 is 5.40. The molecule has 1 rings (SSSR count). The van der Waals surface area contributed by atoms with Crippen molar-refractivity contribution in [3.63, 3.8) is 0 Å². The zero-order valence-electron chi connectivity index (χ0n) is 11.5. The maximum atomic E-state index is 12.5. The summed E-state index contributed by atoms with van der Waals surface area (Å²) in [5, 5.41) is 0. The number of likely N-dealkylation sites (tertiary alicyclic amines) is 1. The summed E-state index contributed by atoms with van der Waals surface area (Å²) in [5.41, 5.74) is 5.28. The van der Waals surface area contributed by atoms with E-state index in [1.165, 1.54) is 0 Å². The highest BCUT2D eigenvalue weighted by Gasteiger charge is 2.39. The fourth-order valence-corrected chi connectivity index (χ4v) is 2.44. The maximum absolute atomic E-state index is 12.5. The molecule has 0 aliphatic carbocycles. The monoisotopic (exact) mass is 242 g/mol. The number of hydrogen-bond acceptors (Lipinski definition) is 3.